The maximum absolute atomic E-state index is 11.9. The highest BCUT2D eigenvalue weighted by Crippen LogP contribution is 2.36. The summed E-state index contributed by atoms with van der Waals surface area (Å²) in [7, 11) is 2.15. The highest BCUT2D eigenvalue weighted by atomic mass is 16.1. The molecule has 1 atom stereocenters. The molecule has 0 aliphatic heterocycles. The van der Waals surface area contributed by atoms with Gasteiger partial charge in [0.25, 0.3) is 0 Å². The zero-order chi connectivity index (χ0) is 13.1. The first-order chi connectivity index (χ1) is 7.80. The van der Waals surface area contributed by atoms with Crippen molar-refractivity contribution < 1.29 is 4.79 Å². The van der Waals surface area contributed by atoms with Gasteiger partial charge in [-0.05, 0) is 44.2 Å². The lowest BCUT2D eigenvalue weighted by Crippen LogP contribution is -2.38. The Bertz CT molecular complexity index is 258. The maximum Gasteiger partial charge on any atom is 0.137 e. The summed E-state index contributed by atoms with van der Waals surface area (Å²) in [6, 6.07) is 0. The Hall–Kier alpha value is -0.370. The topological polar surface area (TPSA) is 20.3 Å². The van der Waals surface area contributed by atoms with Crippen molar-refractivity contribution in [2.24, 2.45) is 17.3 Å². The minimum Gasteiger partial charge on any atom is -0.306 e. The highest BCUT2D eigenvalue weighted by Gasteiger charge is 2.33. The molecular weight excluding hydrogens is 210 g/mol. The monoisotopic (exact) mass is 239 g/mol. The average Bonchev–Trinajstić information content (AvgIpc) is 2.20. The molecule has 100 valence electrons. The number of hydrogen-bond donors (Lipinski definition) is 0. The number of hydrogen-bond acceptors (Lipinski definition) is 2. The predicted molar refractivity (Wildman–Crippen MR) is 73.1 cm³/mol. The van der Waals surface area contributed by atoms with Crippen LogP contribution in [0.4, 0.5) is 0 Å². The lowest BCUT2D eigenvalue weighted by atomic mass is 9.71. The Morgan fingerprint density at radius 1 is 1.41 bits per heavy atom. The van der Waals surface area contributed by atoms with Gasteiger partial charge < -0.3 is 4.90 Å². The molecule has 2 nitrogen and oxygen atoms in total. The van der Waals surface area contributed by atoms with Crippen LogP contribution >= 0.6 is 0 Å². The number of rotatable bonds is 5. The van der Waals surface area contributed by atoms with Crippen LogP contribution in [0.5, 0.6) is 0 Å². The van der Waals surface area contributed by atoms with E-state index in [1.807, 2.05) is 0 Å². The Balaban J connectivity index is 2.40. The minimum atomic E-state index is 0.274. The van der Waals surface area contributed by atoms with Crippen molar-refractivity contribution in [1.29, 1.82) is 0 Å². The first-order valence-electron chi connectivity index (χ1n) is 7.01. The third-order valence-electron chi connectivity index (χ3n) is 3.92. The van der Waals surface area contributed by atoms with Gasteiger partial charge in [-0.2, -0.15) is 0 Å². The average molecular weight is 239 g/mol. The Kier molecular flexibility index (Phi) is 5.18. The lowest BCUT2D eigenvalue weighted by Gasteiger charge is -2.36. The number of carbonyl (C=O) groups is 1. The maximum atomic E-state index is 11.9. The SMILES string of the molecule is CC(C)CCN(C)CC1CC(C)(C)CCC1=O. The van der Waals surface area contributed by atoms with Crippen molar-refractivity contribution in [2.45, 2.75) is 53.4 Å². The molecule has 1 saturated carbocycles. The van der Waals surface area contributed by atoms with Gasteiger partial charge in [0.2, 0.25) is 0 Å². The van der Waals surface area contributed by atoms with Crippen LogP contribution in [0.15, 0.2) is 0 Å². The fourth-order valence-electron chi connectivity index (χ4n) is 2.66. The molecule has 0 saturated heterocycles. The fourth-order valence-corrected chi connectivity index (χ4v) is 2.66. The fraction of sp³-hybridized carbons (Fsp3) is 0.933. The summed E-state index contributed by atoms with van der Waals surface area (Å²) < 4.78 is 0. The van der Waals surface area contributed by atoms with Gasteiger partial charge in [-0.3, -0.25) is 4.79 Å². The van der Waals surface area contributed by atoms with E-state index in [0.717, 1.165) is 38.3 Å². The van der Waals surface area contributed by atoms with Gasteiger partial charge >= 0.3 is 0 Å². The quantitative estimate of drug-likeness (QED) is 0.733. The Morgan fingerprint density at radius 3 is 2.65 bits per heavy atom. The van der Waals surface area contributed by atoms with Crippen LogP contribution < -0.4 is 0 Å². The molecule has 1 aliphatic rings. The van der Waals surface area contributed by atoms with Gasteiger partial charge in [-0.25, -0.2) is 0 Å². The largest absolute Gasteiger partial charge is 0.306 e. The standard InChI is InChI=1S/C15H29NO/c1-12(2)7-9-16(5)11-13-10-15(3,4)8-6-14(13)17/h12-13H,6-11H2,1-5H3. The first kappa shape index (κ1) is 14.7. The molecule has 1 fully saturated rings. The van der Waals surface area contributed by atoms with Crippen LogP contribution in [0, 0.1) is 17.3 Å². The Morgan fingerprint density at radius 2 is 2.06 bits per heavy atom. The van der Waals surface area contributed by atoms with E-state index in [4.69, 9.17) is 0 Å². The summed E-state index contributed by atoms with van der Waals surface area (Å²) in [5.41, 5.74) is 0.359. The van der Waals surface area contributed by atoms with Crippen molar-refractivity contribution >= 4 is 5.78 Å². The Labute approximate surface area is 107 Å². The van der Waals surface area contributed by atoms with E-state index in [2.05, 4.69) is 39.6 Å². The second-order valence-electron chi connectivity index (χ2n) is 6.98. The predicted octanol–water partition coefficient (Wildman–Crippen LogP) is 3.36. The third kappa shape index (κ3) is 5.20. The molecule has 1 aliphatic carbocycles. The second-order valence-corrected chi connectivity index (χ2v) is 6.98. The number of Topliss-reactive ketones (excluding diaryl/α,β-unsaturated/α-hetero) is 1. The van der Waals surface area contributed by atoms with E-state index in [-0.39, 0.29) is 5.92 Å². The summed E-state index contributed by atoms with van der Waals surface area (Å²) in [5, 5.41) is 0. The number of carbonyl (C=O) groups excluding carboxylic acids is 1. The molecule has 0 spiro atoms. The smallest absolute Gasteiger partial charge is 0.137 e. The third-order valence-corrected chi connectivity index (χ3v) is 3.92. The molecule has 0 aromatic rings. The van der Waals surface area contributed by atoms with Crippen LogP contribution in [-0.4, -0.2) is 30.8 Å². The van der Waals surface area contributed by atoms with Crippen molar-refractivity contribution in [3.8, 4) is 0 Å². The molecule has 0 heterocycles. The zero-order valence-corrected chi connectivity index (χ0v) is 12.3. The van der Waals surface area contributed by atoms with Crippen molar-refractivity contribution in [1.82, 2.24) is 4.90 Å². The van der Waals surface area contributed by atoms with E-state index in [1.165, 1.54) is 6.42 Å². The highest BCUT2D eigenvalue weighted by molar-refractivity contribution is 5.82. The molecule has 17 heavy (non-hydrogen) atoms. The van der Waals surface area contributed by atoms with Gasteiger partial charge in [0.15, 0.2) is 0 Å². The van der Waals surface area contributed by atoms with E-state index in [1.54, 1.807) is 0 Å². The molecule has 0 bridgehead atoms. The van der Waals surface area contributed by atoms with Crippen LogP contribution in [0.1, 0.15) is 53.4 Å². The van der Waals surface area contributed by atoms with E-state index in [0.29, 0.717) is 11.2 Å². The molecule has 1 rings (SSSR count). The summed E-state index contributed by atoms with van der Waals surface area (Å²) in [6.07, 6.45) is 4.15. The molecule has 0 amide bonds. The second kappa shape index (κ2) is 5.99. The van der Waals surface area contributed by atoms with Crippen LogP contribution in [0.25, 0.3) is 0 Å². The van der Waals surface area contributed by atoms with E-state index < -0.39 is 0 Å². The van der Waals surface area contributed by atoms with Gasteiger partial charge in [0.05, 0.1) is 0 Å². The molecule has 2 heteroatoms. The zero-order valence-electron chi connectivity index (χ0n) is 12.3. The molecule has 1 unspecified atom stereocenters. The summed E-state index contributed by atoms with van der Waals surface area (Å²) in [6.45, 7) is 11.2. The minimum absolute atomic E-state index is 0.274. The van der Waals surface area contributed by atoms with Crippen molar-refractivity contribution in [3.63, 3.8) is 0 Å². The van der Waals surface area contributed by atoms with E-state index in [9.17, 15) is 4.79 Å². The molecular formula is C15H29NO. The van der Waals surface area contributed by atoms with Gasteiger partial charge in [0, 0.05) is 18.9 Å². The number of ketones is 1. The van der Waals surface area contributed by atoms with Crippen molar-refractivity contribution in [3.05, 3.63) is 0 Å². The summed E-state index contributed by atoms with van der Waals surface area (Å²) in [5.74, 6) is 1.51. The van der Waals surface area contributed by atoms with Gasteiger partial charge in [-0.1, -0.05) is 27.7 Å². The molecule has 0 aromatic carbocycles. The van der Waals surface area contributed by atoms with E-state index >= 15 is 0 Å². The van der Waals surface area contributed by atoms with Crippen LogP contribution in [0.3, 0.4) is 0 Å². The molecule has 0 aromatic heterocycles. The van der Waals surface area contributed by atoms with Gasteiger partial charge in [0.1, 0.15) is 5.78 Å². The number of nitrogens with zero attached hydrogens (tertiary/aromatic N) is 1. The van der Waals surface area contributed by atoms with Crippen LogP contribution in [-0.2, 0) is 4.79 Å². The van der Waals surface area contributed by atoms with Crippen LogP contribution in [0.2, 0.25) is 0 Å². The van der Waals surface area contributed by atoms with Crippen molar-refractivity contribution in [2.75, 3.05) is 20.1 Å². The summed E-state index contributed by atoms with van der Waals surface area (Å²) in [4.78, 5) is 14.3. The first-order valence-corrected chi connectivity index (χ1v) is 7.01. The lowest BCUT2D eigenvalue weighted by molar-refractivity contribution is -0.127. The molecule has 0 N–H and O–H groups in total. The summed E-state index contributed by atoms with van der Waals surface area (Å²) >= 11 is 0. The molecule has 0 radical (unpaired) electrons. The normalized spacial score (nSPS) is 24.6. The van der Waals surface area contributed by atoms with Gasteiger partial charge in [-0.15, -0.1) is 0 Å².